The number of imidazole rings is 1. The molecular weight excluding hydrogens is 419 g/mol. The van der Waals surface area contributed by atoms with E-state index in [9.17, 15) is 9.18 Å². The zero-order valence-electron chi connectivity index (χ0n) is 14.5. The largest absolute Gasteiger partial charge is 0.493 e. The number of hydrogen-bond donors (Lipinski definition) is 1. The Morgan fingerprint density at radius 3 is 3.15 bits per heavy atom. The summed E-state index contributed by atoms with van der Waals surface area (Å²) in [5, 5.41) is 3.13. The molecule has 1 aliphatic heterocycles. The average molecular weight is 435 g/mol. The van der Waals surface area contributed by atoms with Crippen LogP contribution in [0.5, 0.6) is 5.75 Å². The third-order valence-electron chi connectivity index (χ3n) is 4.30. The molecule has 0 amide bonds. The summed E-state index contributed by atoms with van der Waals surface area (Å²) in [6.07, 6.45) is 3.79. The van der Waals surface area contributed by atoms with Gasteiger partial charge in [-0.1, -0.05) is 0 Å². The average Bonchev–Trinajstić information content (AvgIpc) is 3.30. The first-order chi connectivity index (χ1) is 13.1. The highest BCUT2D eigenvalue weighted by molar-refractivity contribution is 9.10. The predicted molar refractivity (Wildman–Crippen MR) is 99.6 cm³/mol. The van der Waals surface area contributed by atoms with Gasteiger partial charge in [0.1, 0.15) is 11.6 Å². The number of esters is 1. The first-order valence-electron chi connectivity index (χ1n) is 8.46. The number of benzene rings is 1. The van der Waals surface area contributed by atoms with Crippen molar-refractivity contribution in [3.63, 3.8) is 0 Å². The number of carbonyl (C=O) groups excluding carboxylic acids is 1. The second kappa shape index (κ2) is 7.15. The molecule has 0 radical (unpaired) electrons. The van der Waals surface area contributed by atoms with Gasteiger partial charge in [-0.15, -0.1) is 0 Å². The maximum Gasteiger partial charge on any atom is 0.358 e. The van der Waals surface area contributed by atoms with Gasteiger partial charge >= 0.3 is 5.97 Å². The summed E-state index contributed by atoms with van der Waals surface area (Å²) < 4.78 is 27.1. The SMILES string of the molecule is CCOC(=O)c1cn2c(NCc3c(F)ccc4c3CCO4)ncc(Br)c2n1. The van der Waals surface area contributed by atoms with Crippen LogP contribution in [0.1, 0.15) is 28.5 Å². The molecule has 0 fully saturated rings. The number of halogens is 2. The summed E-state index contributed by atoms with van der Waals surface area (Å²) in [6, 6.07) is 3.06. The molecule has 4 rings (SSSR count). The van der Waals surface area contributed by atoms with E-state index >= 15 is 0 Å². The molecule has 0 saturated heterocycles. The second-order valence-electron chi connectivity index (χ2n) is 5.92. The Kier molecular flexibility index (Phi) is 4.69. The van der Waals surface area contributed by atoms with Gasteiger partial charge in [-0.05, 0) is 35.0 Å². The Bertz CT molecular complexity index is 1040. The standard InChI is InChI=1S/C18H16BrFN4O3/c1-2-26-17(25)14-9-24-16(23-14)12(19)8-22-18(24)21-7-11-10-5-6-27-15(10)4-3-13(11)20/h3-4,8-9H,2,5-7H2,1H3,(H,21,22). The Morgan fingerprint density at radius 2 is 2.33 bits per heavy atom. The van der Waals surface area contributed by atoms with Crippen molar-refractivity contribution < 1.29 is 18.7 Å². The lowest BCUT2D eigenvalue weighted by Gasteiger charge is -2.12. The quantitative estimate of drug-likeness (QED) is 0.620. The van der Waals surface area contributed by atoms with Gasteiger partial charge < -0.3 is 14.8 Å². The number of hydrogen-bond acceptors (Lipinski definition) is 6. The fraction of sp³-hybridized carbons (Fsp3) is 0.278. The zero-order chi connectivity index (χ0) is 19.0. The van der Waals surface area contributed by atoms with E-state index in [2.05, 4.69) is 31.2 Å². The number of fused-ring (bicyclic) bond motifs is 2. The van der Waals surface area contributed by atoms with E-state index in [0.717, 1.165) is 5.56 Å². The highest BCUT2D eigenvalue weighted by Gasteiger charge is 2.20. The van der Waals surface area contributed by atoms with Crippen molar-refractivity contribution in [3.05, 3.63) is 51.6 Å². The van der Waals surface area contributed by atoms with Gasteiger partial charge in [-0.25, -0.2) is 19.2 Å². The normalized spacial score (nSPS) is 12.7. The number of carbonyl (C=O) groups is 1. The number of nitrogens with one attached hydrogen (secondary N) is 1. The van der Waals surface area contributed by atoms with E-state index in [1.165, 1.54) is 6.07 Å². The highest BCUT2D eigenvalue weighted by atomic mass is 79.9. The fourth-order valence-electron chi connectivity index (χ4n) is 3.06. The number of aromatic nitrogens is 3. The Morgan fingerprint density at radius 1 is 1.48 bits per heavy atom. The third kappa shape index (κ3) is 3.23. The summed E-state index contributed by atoms with van der Waals surface area (Å²) in [5.41, 5.74) is 2.11. The molecular formula is C18H16BrFN4O3. The van der Waals surface area contributed by atoms with Gasteiger partial charge in [0.25, 0.3) is 0 Å². The van der Waals surface area contributed by atoms with E-state index in [-0.39, 0.29) is 24.7 Å². The van der Waals surface area contributed by atoms with Crippen molar-refractivity contribution in [1.82, 2.24) is 14.4 Å². The molecule has 0 saturated carbocycles. The second-order valence-corrected chi connectivity index (χ2v) is 6.78. The number of rotatable bonds is 5. The van der Waals surface area contributed by atoms with Crippen LogP contribution < -0.4 is 10.1 Å². The number of anilines is 1. The first kappa shape index (κ1) is 17.7. The Labute approximate surface area is 162 Å². The van der Waals surface area contributed by atoms with Crippen LogP contribution in [0, 0.1) is 5.82 Å². The van der Waals surface area contributed by atoms with Crippen LogP contribution in [0.3, 0.4) is 0 Å². The number of nitrogens with zero attached hydrogens (tertiary/aromatic N) is 3. The Balaban J connectivity index is 1.66. The van der Waals surface area contributed by atoms with Gasteiger partial charge in [0.15, 0.2) is 11.3 Å². The third-order valence-corrected chi connectivity index (χ3v) is 4.86. The van der Waals surface area contributed by atoms with Gasteiger partial charge in [-0.2, -0.15) is 0 Å². The monoisotopic (exact) mass is 434 g/mol. The van der Waals surface area contributed by atoms with E-state index < -0.39 is 5.97 Å². The summed E-state index contributed by atoms with van der Waals surface area (Å²) in [6.45, 7) is 2.78. The lowest BCUT2D eigenvalue weighted by atomic mass is 10.0. The molecule has 3 aromatic rings. The molecule has 9 heteroatoms. The minimum atomic E-state index is -0.511. The summed E-state index contributed by atoms with van der Waals surface area (Å²) in [5.74, 6) is 0.350. The molecule has 140 valence electrons. The molecule has 7 nitrogen and oxygen atoms in total. The Hall–Kier alpha value is -2.68. The number of ether oxygens (including phenoxy) is 2. The van der Waals surface area contributed by atoms with Crippen LogP contribution in [-0.4, -0.2) is 33.6 Å². The van der Waals surface area contributed by atoms with Crippen molar-refractivity contribution in [2.75, 3.05) is 18.5 Å². The molecule has 3 heterocycles. The van der Waals surface area contributed by atoms with E-state index in [1.807, 2.05) is 0 Å². The van der Waals surface area contributed by atoms with Gasteiger partial charge in [0.05, 0.1) is 17.7 Å². The van der Waals surface area contributed by atoms with Crippen molar-refractivity contribution in [2.24, 2.45) is 0 Å². The minimum Gasteiger partial charge on any atom is -0.493 e. The van der Waals surface area contributed by atoms with E-state index in [0.29, 0.717) is 40.4 Å². The van der Waals surface area contributed by atoms with Crippen LogP contribution >= 0.6 is 15.9 Å². The molecule has 1 N–H and O–H groups in total. The van der Waals surface area contributed by atoms with Crippen LogP contribution in [-0.2, 0) is 17.7 Å². The molecule has 0 spiro atoms. The van der Waals surface area contributed by atoms with Gasteiger partial charge in [-0.3, -0.25) is 4.40 Å². The topological polar surface area (TPSA) is 77.8 Å². The van der Waals surface area contributed by atoms with E-state index in [1.54, 1.807) is 29.8 Å². The summed E-state index contributed by atoms with van der Waals surface area (Å²) >= 11 is 3.38. The predicted octanol–water partition coefficient (Wildman–Crippen LogP) is 3.35. The lowest BCUT2D eigenvalue weighted by Crippen LogP contribution is -2.09. The molecule has 27 heavy (non-hydrogen) atoms. The summed E-state index contributed by atoms with van der Waals surface area (Å²) in [7, 11) is 0. The van der Waals surface area contributed by atoms with Gasteiger partial charge in [0, 0.05) is 36.5 Å². The van der Waals surface area contributed by atoms with Crippen molar-refractivity contribution in [2.45, 2.75) is 19.9 Å². The lowest BCUT2D eigenvalue weighted by molar-refractivity contribution is 0.0520. The maximum absolute atomic E-state index is 14.3. The van der Waals surface area contributed by atoms with Gasteiger partial charge in [0.2, 0.25) is 5.95 Å². The first-order valence-corrected chi connectivity index (χ1v) is 9.25. The fourth-order valence-corrected chi connectivity index (χ4v) is 3.44. The minimum absolute atomic E-state index is 0.175. The smallest absolute Gasteiger partial charge is 0.358 e. The van der Waals surface area contributed by atoms with Crippen molar-refractivity contribution in [3.8, 4) is 5.75 Å². The van der Waals surface area contributed by atoms with Crippen molar-refractivity contribution in [1.29, 1.82) is 0 Å². The molecule has 0 aliphatic carbocycles. The molecule has 0 bridgehead atoms. The molecule has 2 aromatic heterocycles. The van der Waals surface area contributed by atoms with E-state index in [4.69, 9.17) is 9.47 Å². The maximum atomic E-state index is 14.3. The summed E-state index contributed by atoms with van der Waals surface area (Å²) in [4.78, 5) is 20.6. The van der Waals surface area contributed by atoms with Crippen LogP contribution in [0.2, 0.25) is 0 Å². The zero-order valence-corrected chi connectivity index (χ0v) is 16.0. The molecule has 1 aromatic carbocycles. The van der Waals surface area contributed by atoms with Crippen LogP contribution in [0.25, 0.3) is 5.65 Å². The van der Waals surface area contributed by atoms with Crippen LogP contribution in [0.4, 0.5) is 10.3 Å². The molecule has 0 unspecified atom stereocenters. The molecule has 1 aliphatic rings. The molecule has 0 atom stereocenters. The van der Waals surface area contributed by atoms with Crippen LogP contribution in [0.15, 0.2) is 29.0 Å². The van der Waals surface area contributed by atoms with Crippen molar-refractivity contribution >= 4 is 33.5 Å². The highest BCUT2D eigenvalue weighted by Crippen LogP contribution is 2.30.